The molecule has 2 rings (SSSR count). The van der Waals surface area contributed by atoms with Gasteiger partial charge in [0.2, 0.25) is 0 Å². The van der Waals surface area contributed by atoms with Crippen LogP contribution in [0.4, 0.5) is 0 Å². The van der Waals surface area contributed by atoms with Crippen molar-refractivity contribution in [3.63, 3.8) is 0 Å². The van der Waals surface area contributed by atoms with Gasteiger partial charge in [-0.3, -0.25) is 4.79 Å². The highest BCUT2D eigenvalue weighted by Gasteiger charge is 2.15. The third-order valence-corrected chi connectivity index (χ3v) is 4.23. The van der Waals surface area contributed by atoms with Gasteiger partial charge in [0.05, 0.1) is 24.8 Å². The Kier molecular flexibility index (Phi) is 7.28. The van der Waals surface area contributed by atoms with Crippen molar-refractivity contribution < 1.29 is 19.0 Å². The number of nitrogens with one attached hydrogen (secondary N) is 1. The number of rotatable bonds is 8. The van der Waals surface area contributed by atoms with Gasteiger partial charge in [0, 0.05) is 19.2 Å². The second-order valence-electron chi connectivity index (χ2n) is 5.31. The maximum absolute atomic E-state index is 12.5. The van der Waals surface area contributed by atoms with Gasteiger partial charge in [-0.15, -0.1) is 0 Å². The van der Waals surface area contributed by atoms with Crippen LogP contribution in [0.25, 0.3) is 0 Å². The molecule has 25 heavy (non-hydrogen) atoms. The molecule has 0 aliphatic rings. The molecule has 6 heteroatoms. The summed E-state index contributed by atoms with van der Waals surface area (Å²) in [4.78, 5) is 12.5. The highest BCUT2D eigenvalue weighted by Crippen LogP contribution is 2.36. The van der Waals surface area contributed by atoms with Crippen LogP contribution in [0.15, 0.2) is 40.9 Å². The number of hydrogen-bond acceptors (Lipinski definition) is 4. The fourth-order valence-corrected chi connectivity index (χ4v) is 3.00. The first-order valence-corrected chi connectivity index (χ1v) is 8.74. The van der Waals surface area contributed by atoms with Crippen molar-refractivity contribution in [2.75, 3.05) is 20.8 Å². The molecule has 0 heterocycles. The van der Waals surface area contributed by atoms with E-state index in [9.17, 15) is 4.79 Å². The maximum atomic E-state index is 12.5. The molecule has 0 aliphatic carbocycles. The van der Waals surface area contributed by atoms with Crippen molar-refractivity contribution in [3.8, 4) is 11.5 Å². The Bertz CT molecular complexity index is 733. The average Bonchev–Trinajstić information content (AvgIpc) is 2.62. The van der Waals surface area contributed by atoms with E-state index in [1.807, 2.05) is 31.2 Å². The van der Waals surface area contributed by atoms with Gasteiger partial charge in [-0.2, -0.15) is 0 Å². The van der Waals surface area contributed by atoms with Gasteiger partial charge in [-0.1, -0.05) is 24.3 Å². The summed E-state index contributed by atoms with van der Waals surface area (Å²) in [5.41, 5.74) is 2.57. The third kappa shape index (κ3) is 4.96. The molecule has 1 amide bonds. The lowest BCUT2D eigenvalue weighted by atomic mass is 10.1. The first-order valence-electron chi connectivity index (χ1n) is 7.95. The van der Waals surface area contributed by atoms with E-state index < -0.39 is 0 Å². The molecule has 0 saturated carbocycles. The molecule has 0 atom stereocenters. The minimum atomic E-state index is -0.186. The Morgan fingerprint density at radius 1 is 1.16 bits per heavy atom. The molecule has 0 aliphatic heterocycles. The van der Waals surface area contributed by atoms with Gasteiger partial charge in [0.1, 0.15) is 0 Å². The predicted molar refractivity (Wildman–Crippen MR) is 100 cm³/mol. The number of carbonyl (C=O) groups is 1. The van der Waals surface area contributed by atoms with E-state index in [-0.39, 0.29) is 5.91 Å². The van der Waals surface area contributed by atoms with E-state index in [2.05, 4.69) is 21.2 Å². The number of hydrogen-bond donors (Lipinski definition) is 1. The molecule has 0 spiro atoms. The Balaban J connectivity index is 2.15. The summed E-state index contributed by atoms with van der Waals surface area (Å²) >= 11 is 3.43. The normalized spacial score (nSPS) is 10.4. The lowest BCUT2D eigenvalue weighted by molar-refractivity contribution is 0.0950. The standard InChI is InChI=1S/C19H22BrNO4/c1-4-25-18-16(20)9-15(10-17(18)24-3)19(22)21-11-13-7-5-6-8-14(13)12-23-2/h5-10H,4,11-12H2,1-3H3,(H,21,22). The SMILES string of the molecule is CCOc1c(Br)cc(C(=O)NCc2ccccc2COC)cc1OC. The molecule has 1 N–H and O–H groups in total. The molecule has 5 nitrogen and oxygen atoms in total. The van der Waals surface area contributed by atoms with E-state index in [0.717, 1.165) is 11.1 Å². The number of amides is 1. The van der Waals surface area contributed by atoms with Crippen LogP contribution in [0.5, 0.6) is 11.5 Å². The van der Waals surface area contributed by atoms with Crippen molar-refractivity contribution in [1.29, 1.82) is 0 Å². The van der Waals surface area contributed by atoms with Crippen molar-refractivity contribution in [3.05, 3.63) is 57.6 Å². The molecule has 2 aromatic carbocycles. The molecule has 0 radical (unpaired) electrons. The first-order chi connectivity index (χ1) is 12.1. The summed E-state index contributed by atoms with van der Waals surface area (Å²) in [5, 5.41) is 2.93. The Hall–Kier alpha value is -2.05. The Morgan fingerprint density at radius 2 is 1.88 bits per heavy atom. The molecule has 0 saturated heterocycles. The predicted octanol–water partition coefficient (Wildman–Crippen LogP) is 3.93. The summed E-state index contributed by atoms with van der Waals surface area (Å²) < 4.78 is 16.8. The second-order valence-corrected chi connectivity index (χ2v) is 6.16. The number of benzene rings is 2. The van der Waals surface area contributed by atoms with Gasteiger partial charge in [0.15, 0.2) is 11.5 Å². The zero-order valence-corrected chi connectivity index (χ0v) is 16.2. The average molecular weight is 408 g/mol. The highest BCUT2D eigenvalue weighted by molar-refractivity contribution is 9.10. The van der Waals surface area contributed by atoms with Crippen LogP contribution in [0.1, 0.15) is 28.4 Å². The lowest BCUT2D eigenvalue weighted by Gasteiger charge is -2.14. The fourth-order valence-electron chi connectivity index (χ4n) is 2.44. The molecule has 0 aromatic heterocycles. The van der Waals surface area contributed by atoms with Gasteiger partial charge in [0.25, 0.3) is 5.91 Å². The summed E-state index contributed by atoms with van der Waals surface area (Å²) in [7, 11) is 3.20. The van der Waals surface area contributed by atoms with Gasteiger partial charge in [-0.25, -0.2) is 0 Å². The number of carbonyl (C=O) groups excluding carboxylic acids is 1. The highest BCUT2D eigenvalue weighted by atomic mass is 79.9. The zero-order chi connectivity index (χ0) is 18.2. The molecule has 0 bridgehead atoms. The smallest absolute Gasteiger partial charge is 0.251 e. The van der Waals surface area contributed by atoms with Gasteiger partial charge < -0.3 is 19.5 Å². The van der Waals surface area contributed by atoms with E-state index in [1.54, 1.807) is 26.4 Å². The maximum Gasteiger partial charge on any atom is 0.251 e. The largest absolute Gasteiger partial charge is 0.493 e. The van der Waals surface area contributed by atoms with Crippen molar-refractivity contribution in [2.24, 2.45) is 0 Å². The van der Waals surface area contributed by atoms with Gasteiger partial charge in [-0.05, 0) is 46.1 Å². The van der Waals surface area contributed by atoms with E-state index in [4.69, 9.17) is 14.2 Å². The van der Waals surface area contributed by atoms with E-state index in [0.29, 0.717) is 41.3 Å². The summed E-state index contributed by atoms with van der Waals surface area (Å²) in [6.45, 7) is 3.33. The van der Waals surface area contributed by atoms with Crippen LogP contribution in [0.2, 0.25) is 0 Å². The molecule has 134 valence electrons. The van der Waals surface area contributed by atoms with Gasteiger partial charge >= 0.3 is 0 Å². The van der Waals surface area contributed by atoms with Crippen molar-refractivity contribution >= 4 is 21.8 Å². The van der Waals surface area contributed by atoms with Crippen LogP contribution in [-0.4, -0.2) is 26.7 Å². The Morgan fingerprint density at radius 3 is 2.52 bits per heavy atom. The van der Waals surface area contributed by atoms with E-state index >= 15 is 0 Å². The van der Waals surface area contributed by atoms with Crippen LogP contribution < -0.4 is 14.8 Å². The number of ether oxygens (including phenoxy) is 3. The topological polar surface area (TPSA) is 56.8 Å². The second kappa shape index (κ2) is 9.44. The first kappa shape index (κ1) is 19.3. The summed E-state index contributed by atoms with van der Waals surface area (Å²) in [5.74, 6) is 0.919. The Labute approximate surface area is 156 Å². The van der Waals surface area contributed by atoms with Crippen molar-refractivity contribution in [1.82, 2.24) is 5.32 Å². The van der Waals surface area contributed by atoms with Crippen LogP contribution in [0.3, 0.4) is 0 Å². The minimum Gasteiger partial charge on any atom is -0.493 e. The molecular formula is C19H22BrNO4. The lowest BCUT2D eigenvalue weighted by Crippen LogP contribution is -2.23. The summed E-state index contributed by atoms with van der Waals surface area (Å²) in [6, 6.07) is 11.3. The van der Waals surface area contributed by atoms with Crippen LogP contribution in [-0.2, 0) is 17.9 Å². The third-order valence-electron chi connectivity index (χ3n) is 3.64. The number of methoxy groups -OCH3 is 2. The van der Waals surface area contributed by atoms with E-state index in [1.165, 1.54) is 0 Å². The zero-order valence-electron chi connectivity index (χ0n) is 14.6. The molecular weight excluding hydrogens is 386 g/mol. The minimum absolute atomic E-state index is 0.186. The molecule has 0 fully saturated rings. The summed E-state index contributed by atoms with van der Waals surface area (Å²) in [6.07, 6.45) is 0. The van der Waals surface area contributed by atoms with Crippen molar-refractivity contribution in [2.45, 2.75) is 20.1 Å². The van der Waals surface area contributed by atoms with Crippen LogP contribution >= 0.6 is 15.9 Å². The number of halogens is 1. The van der Waals surface area contributed by atoms with Crippen LogP contribution in [0, 0.1) is 0 Å². The molecule has 0 unspecified atom stereocenters. The molecule has 2 aromatic rings. The monoisotopic (exact) mass is 407 g/mol. The quantitative estimate of drug-likeness (QED) is 0.719. The fraction of sp³-hybridized carbons (Fsp3) is 0.316.